The number of aromatic nitrogens is 1. The van der Waals surface area contributed by atoms with Crippen LogP contribution in [0.4, 0.5) is 0 Å². The van der Waals surface area contributed by atoms with Gasteiger partial charge in [-0.2, -0.15) is 0 Å². The first-order chi connectivity index (χ1) is 16.2. The highest BCUT2D eigenvalue weighted by molar-refractivity contribution is 5.85. The molecular formula is C29H35N3O. The summed E-state index contributed by atoms with van der Waals surface area (Å²) in [6.07, 6.45) is 15.7. The average Bonchev–Trinajstić information content (AvgIpc) is 3.33. The van der Waals surface area contributed by atoms with E-state index in [1.54, 1.807) is 5.56 Å². The van der Waals surface area contributed by atoms with E-state index in [1.165, 1.54) is 68.2 Å². The zero-order valence-electron chi connectivity index (χ0n) is 19.7. The lowest BCUT2D eigenvalue weighted by molar-refractivity contribution is -0.172. The van der Waals surface area contributed by atoms with E-state index in [0.29, 0.717) is 23.6 Å². The largest absolute Gasteiger partial charge is 0.488 e. The summed E-state index contributed by atoms with van der Waals surface area (Å²) in [4.78, 5) is 9.39. The lowest BCUT2D eigenvalue weighted by Crippen LogP contribution is -2.70. The molecule has 9 rings (SSSR count). The van der Waals surface area contributed by atoms with Gasteiger partial charge in [-0.05, 0) is 80.7 Å². The number of nitrogens with one attached hydrogen (secondary N) is 1. The number of ether oxygens (including phenoxy) is 1. The van der Waals surface area contributed by atoms with Crippen LogP contribution in [0.15, 0.2) is 48.3 Å². The summed E-state index contributed by atoms with van der Waals surface area (Å²) in [5.41, 5.74) is 5.16. The zero-order chi connectivity index (χ0) is 21.8. The van der Waals surface area contributed by atoms with Crippen LogP contribution in [-0.4, -0.2) is 52.6 Å². The molecule has 3 atom stereocenters. The molecule has 1 saturated heterocycles. The van der Waals surface area contributed by atoms with Crippen molar-refractivity contribution < 1.29 is 4.74 Å². The number of rotatable bonds is 6. The van der Waals surface area contributed by atoms with Crippen LogP contribution in [0.25, 0.3) is 10.9 Å². The smallest absolute Gasteiger partial charge is 0.124 e. The molecule has 2 bridgehead atoms. The van der Waals surface area contributed by atoms with Crippen molar-refractivity contribution in [3.05, 3.63) is 59.5 Å². The van der Waals surface area contributed by atoms with E-state index in [-0.39, 0.29) is 5.41 Å². The maximum atomic E-state index is 6.40. The topological polar surface area (TPSA) is 31.5 Å². The number of nitrogens with zero attached hydrogens (tertiary/aromatic N) is 2. The molecule has 0 amide bonds. The van der Waals surface area contributed by atoms with Gasteiger partial charge in [-0.3, -0.25) is 9.80 Å². The molecule has 172 valence electrons. The van der Waals surface area contributed by atoms with Gasteiger partial charge in [0.15, 0.2) is 0 Å². The number of H-pyrrole nitrogens is 1. The molecule has 2 unspecified atom stereocenters. The maximum Gasteiger partial charge on any atom is 0.124 e. The van der Waals surface area contributed by atoms with Gasteiger partial charge in [0.1, 0.15) is 11.9 Å². The van der Waals surface area contributed by atoms with Crippen molar-refractivity contribution in [1.29, 1.82) is 0 Å². The summed E-state index contributed by atoms with van der Waals surface area (Å²) < 4.78 is 6.40. The van der Waals surface area contributed by atoms with E-state index in [4.69, 9.17) is 4.74 Å². The molecule has 0 radical (unpaired) electrons. The highest BCUT2D eigenvalue weighted by Gasteiger charge is 2.68. The van der Waals surface area contributed by atoms with E-state index < -0.39 is 0 Å². The fourth-order valence-electron chi connectivity index (χ4n) is 8.09. The van der Waals surface area contributed by atoms with Gasteiger partial charge in [0.2, 0.25) is 0 Å². The Morgan fingerprint density at radius 2 is 1.97 bits per heavy atom. The second-order valence-electron chi connectivity index (χ2n) is 11.9. The van der Waals surface area contributed by atoms with Gasteiger partial charge in [0.05, 0.1) is 6.04 Å². The van der Waals surface area contributed by atoms with Crippen LogP contribution < -0.4 is 0 Å². The number of hydrogen-bond donors (Lipinski definition) is 1. The standard InChI is InChI=1S/C29H35N3O/c1-2-10-31-17-22(18-31)33-21-7-9-29(16-20(29)12-21)27-26-24(23-5-3-4-6-25(23)30-26)8-11-32(27)28-13-19(14-28)15-28/h3-7,9,12,19-20,22,27,30H,2,8,10-11,13-18H2,1H3/t19?,20?,27-,28?,29?/m0/s1. The van der Waals surface area contributed by atoms with Crippen molar-refractivity contribution in [3.63, 3.8) is 0 Å². The van der Waals surface area contributed by atoms with Crippen molar-refractivity contribution in [2.24, 2.45) is 17.3 Å². The quantitative estimate of drug-likeness (QED) is 0.669. The number of aromatic amines is 1. The summed E-state index contributed by atoms with van der Waals surface area (Å²) in [5, 5.41) is 1.45. The Hall–Kier alpha value is -2.04. The zero-order valence-corrected chi connectivity index (χ0v) is 19.7. The molecule has 4 heteroatoms. The first-order valence-electron chi connectivity index (χ1n) is 13.3. The number of hydrogen-bond acceptors (Lipinski definition) is 3. The highest BCUT2D eigenvalue weighted by Crippen LogP contribution is 2.71. The summed E-state index contributed by atoms with van der Waals surface area (Å²) in [5.74, 6) is 2.75. The monoisotopic (exact) mass is 441 g/mol. The fraction of sp³-hybridized carbons (Fsp3) is 0.586. The molecule has 4 nitrogen and oxygen atoms in total. The SMILES string of the molecule is CCCN1CC(OC2=CC3CC3([C@@H]3c4[nH]c5ccccc5c4CCN3C34CC(C3)C4)C=C2)C1. The molecule has 0 spiro atoms. The average molecular weight is 442 g/mol. The molecule has 4 saturated carbocycles. The van der Waals surface area contributed by atoms with Gasteiger partial charge in [-0.15, -0.1) is 0 Å². The Kier molecular flexibility index (Phi) is 3.83. The molecule has 5 aliphatic carbocycles. The molecule has 7 aliphatic rings. The van der Waals surface area contributed by atoms with Gasteiger partial charge in [-0.25, -0.2) is 0 Å². The molecule has 33 heavy (non-hydrogen) atoms. The van der Waals surface area contributed by atoms with Gasteiger partial charge in [0.25, 0.3) is 0 Å². The highest BCUT2D eigenvalue weighted by atomic mass is 16.5. The maximum absolute atomic E-state index is 6.40. The van der Waals surface area contributed by atoms with Gasteiger partial charge in [0, 0.05) is 47.2 Å². The predicted molar refractivity (Wildman–Crippen MR) is 131 cm³/mol. The predicted octanol–water partition coefficient (Wildman–Crippen LogP) is 5.19. The van der Waals surface area contributed by atoms with Crippen LogP contribution in [-0.2, 0) is 11.2 Å². The Balaban J connectivity index is 1.11. The molecule has 2 aromatic rings. The minimum Gasteiger partial charge on any atom is -0.488 e. The van der Waals surface area contributed by atoms with Crippen molar-refractivity contribution in [3.8, 4) is 0 Å². The summed E-state index contributed by atoms with van der Waals surface area (Å²) in [7, 11) is 0. The third-order valence-corrected chi connectivity index (χ3v) is 9.95. The van der Waals surface area contributed by atoms with E-state index in [2.05, 4.69) is 64.2 Å². The Morgan fingerprint density at radius 1 is 1.12 bits per heavy atom. The third-order valence-electron chi connectivity index (χ3n) is 9.95. The first-order valence-corrected chi connectivity index (χ1v) is 13.3. The fourth-order valence-corrected chi connectivity index (χ4v) is 8.09. The second kappa shape index (κ2) is 6.55. The minimum absolute atomic E-state index is 0.242. The number of allylic oxidation sites excluding steroid dienone is 2. The molecule has 2 aliphatic heterocycles. The third kappa shape index (κ3) is 2.60. The van der Waals surface area contributed by atoms with Gasteiger partial charge in [-0.1, -0.05) is 31.2 Å². The Bertz CT molecular complexity index is 1170. The van der Waals surface area contributed by atoms with Crippen LogP contribution in [0.2, 0.25) is 0 Å². The Morgan fingerprint density at radius 3 is 2.73 bits per heavy atom. The van der Waals surface area contributed by atoms with E-state index in [0.717, 1.165) is 24.8 Å². The van der Waals surface area contributed by atoms with Crippen LogP contribution in [0.1, 0.15) is 56.3 Å². The number of para-hydroxylation sites is 1. The van der Waals surface area contributed by atoms with Crippen LogP contribution in [0.5, 0.6) is 0 Å². The Labute approximate surface area is 196 Å². The number of fused-ring (bicyclic) bond motifs is 4. The molecule has 1 N–H and O–H groups in total. The summed E-state index contributed by atoms with van der Waals surface area (Å²) in [6, 6.07) is 9.44. The normalized spacial score (nSPS) is 39.2. The summed E-state index contributed by atoms with van der Waals surface area (Å²) in [6.45, 7) is 6.86. The van der Waals surface area contributed by atoms with Gasteiger partial charge < -0.3 is 9.72 Å². The molecule has 5 fully saturated rings. The van der Waals surface area contributed by atoms with E-state index in [1.807, 2.05) is 0 Å². The van der Waals surface area contributed by atoms with E-state index in [9.17, 15) is 0 Å². The minimum atomic E-state index is 0.242. The van der Waals surface area contributed by atoms with Crippen LogP contribution >= 0.6 is 0 Å². The first kappa shape index (κ1) is 19.3. The van der Waals surface area contributed by atoms with Gasteiger partial charge >= 0.3 is 0 Å². The molecule has 1 aromatic heterocycles. The molecule has 3 heterocycles. The number of likely N-dealkylation sites (tertiary alicyclic amines) is 1. The second-order valence-corrected chi connectivity index (χ2v) is 11.9. The lowest BCUT2D eigenvalue weighted by Gasteiger charge is -2.69. The van der Waals surface area contributed by atoms with Crippen LogP contribution in [0, 0.1) is 17.3 Å². The van der Waals surface area contributed by atoms with E-state index >= 15 is 0 Å². The van der Waals surface area contributed by atoms with Crippen molar-refractivity contribution in [2.45, 2.75) is 63.1 Å². The lowest BCUT2D eigenvalue weighted by atomic mass is 9.48. The summed E-state index contributed by atoms with van der Waals surface area (Å²) >= 11 is 0. The van der Waals surface area contributed by atoms with Crippen molar-refractivity contribution >= 4 is 10.9 Å². The van der Waals surface area contributed by atoms with Crippen molar-refractivity contribution in [2.75, 3.05) is 26.2 Å². The van der Waals surface area contributed by atoms with Crippen LogP contribution in [0.3, 0.4) is 0 Å². The van der Waals surface area contributed by atoms with Crippen molar-refractivity contribution in [1.82, 2.24) is 14.8 Å². The molecular weight excluding hydrogens is 406 g/mol. The molecule has 1 aromatic carbocycles. The number of benzene rings is 1.